The molecule has 2 bridgehead atoms. The Balaban J connectivity index is 1.74. The van der Waals surface area contributed by atoms with Crippen LogP contribution in [0.4, 0.5) is 0 Å². The number of carbonyl (C=O) groups is 3. The number of ketones is 1. The van der Waals surface area contributed by atoms with Crippen LogP contribution in [0.5, 0.6) is 0 Å². The van der Waals surface area contributed by atoms with Crippen LogP contribution in [0, 0.1) is 16.7 Å². The first-order valence-corrected chi connectivity index (χ1v) is 9.97. The van der Waals surface area contributed by atoms with Gasteiger partial charge in [0.05, 0.1) is 22.3 Å². The van der Waals surface area contributed by atoms with Gasteiger partial charge in [0.25, 0.3) is 11.8 Å². The molecule has 132 valence electrons. The molecule has 4 rings (SSSR count). The van der Waals surface area contributed by atoms with Gasteiger partial charge >= 0.3 is 0 Å². The Morgan fingerprint density at radius 2 is 1.64 bits per heavy atom. The molecule has 0 radical (unpaired) electrons. The van der Waals surface area contributed by atoms with Crippen LogP contribution in [0.2, 0.25) is 0 Å². The third kappa shape index (κ3) is 1.90. The maximum Gasteiger partial charge on any atom is 0.275 e. The number of imide groups is 1. The fourth-order valence-corrected chi connectivity index (χ4v) is 7.04. The first-order chi connectivity index (χ1) is 11.6. The predicted molar refractivity (Wildman–Crippen MR) is 89.3 cm³/mol. The zero-order chi connectivity index (χ0) is 18.2. The lowest BCUT2D eigenvalue weighted by molar-refractivity contribution is -0.128. The molecule has 1 aliphatic heterocycles. The van der Waals surface area contributed by atoms with Crippen LogP contribution >= 0.6 is 0 Å². The van der Waals surface area contributed by atoms with Gasteiger partial charge in [0.15, 0.2) is 0 Å². The lowest BCUT2D eigenvalue weighted by Crippen LogP contribution is -2.48. The molecular formula is C18H19NO5S. The van der Waals surface area contributed by atoms with Crippen molar-refractivity contribution < 1.29 is 22.8 Å². The first-order valence-electron chi connectivity index (χ1n) is 8.36. The fourth-order valence-electron chi connectivity index (χ4n) is 4.90. The number of hydrogen-bond donors (Lipinski definition) is 0. The van der Waals surface area contributed by atoms with Gasteiger partial charge in [-0.05, 0) is 36.3 Å². The number of fused-ring (bicyclic) bond motifs is 3. The van der Waals surface area contributed by atoms with Crippen LogP contribution < -0.4 is 0 Å². The molecule has 0 aromatic heterocycles. The van der Waals surface area contributed by atoms with Gasteiger partial charge in [0.1, 0.15) is 5.78 Å². The van der Waals surface area contributed by atoms with Gasteiger partial charge in [-0.3, -0.25) is 14.4 Å². The largest absolute Gasteiger partial charge is 0.299 e. The lowest BCUT2D eigenvalue weighted by Gasteiger charge is -2.36. The van der Waals surface area contributed by atoms with Crippen molar-refractivity contribution in [2.45, 2.75) is 33.1 Å². The zero-order valence-electron chi connectivity index (χ0n) is 14.1. The summed E-state index contributed by atoms with van der Waals surface area (Å²) in [5.74, 6) is -2.02. The smallest absolute Gasteiger partial charge is 0.275 e. The van der Waals surface area contributed by atoms with Crippen molar-refractivity contribution in [1.29, 1.82) is 0 Å². The van der Waals surface area contributed by atoms with E-state index in [1.807, 2.05) is 13.8 Å². The van der Waals surface area contributed by atoms with Gasteiger partial charge in [-0.25, -0.2) is 8.42 Å². The third-order valence-corrected chi connectivity index (χ3v) is 8.35. The SMILES string of the molecule is CC1(C)C2CCC1(CS(=O)(=O)N1C(=O)c3ccccc3C1=O)C(=O)C2. The Labute approximate surface area is 146 Å². The quantitative estimate of drug-likeness (QED) is 0.769. The number of carbonyl (C=O) groups excluding carboxylic acids is 3. The third-order valence-electron chi connectivity index (χ3n) is 6.60. The summed E-state index contributed by atoms with van der Waals surface area (Å²) in [6.45, 7) is 3.85. The van der Waals surface area contributed by atoms with Crippen LogP contribution in [0.15, 0.2) is 24.3 Å². The second-order valence-electron chi connectivity index (χ2n) is 7.84. The molecule has 2 fully saturated rings. The minimum absolute atomic E-state index is 0.0612. The number of hydrogen-bond acceptors (Lipinski definition) is 5. The van der Waals surface area contributed by atoms with E-state index in [0.29, 0.717) is 17.1 Å². The molecule has 0 spiro atoms. The highest BCUT2D eigenvalue weighted by molar-refractivity contribution is 7.90. The second-order valence-corrected chi connectivity index (χ2v) is 9.66. The minimum atomic E-state index is -4.24. The number of rotatable bonds is 3. The summed E-state index contributed by atoms with van der Waals surface area (Å²) >= 11 is 0. The Hall–Kier alpha value is -2.02. The molecule has 1 heterocycles. The summed E-state index contributed by atoms with van der Waals surface area (Å²) in [6.07, 6.45) is 1.67. The molecule has 3 aliphatic rings. The highest BCUT2D eigenvalue weighted by Gasteiger charge is 2.66. The Morgan fingerprint density at radius 1 is 1.08 bits per heavy atom. The van der Waals surface area contributed by atoms with Crippen molar-refractivity contribution in [2.75, 3.05) is 5.75 Å². The summed E-state index contributed by atoms with van der Waals surface area (Å²) in [5.41, 5.74) is -1.27. The summed E-state index contributed by atoms with van der Waals surface area (Å²) in [6, 6.07) is 6.06. The monoisotopic (exact) mass is 361 g/mol. The highest BCUT2D eigenvalue weighted by atomic mass is 32.2. The molecule has 2 saturated carbocycles. The van der Waals surface area contributed by atoms with E-state index in [9.17, 15) is 22.8 Å². The van der Waals surface area contributed by atoms with Crippen molar-refractivity contribution in [1.82, 2.24) is 4.31 Å². The summed E-state index contributed by atoms with van der Waals surface area (Å²) in [5, 5.41) is 0. The van der Waals surface area contributed by atoms with Crippen molar-refractivity contribution >= 4 is 27.6 Å². The van der Waals surface area contributed by atoms with Crippen molar-refractivity contribution in [3.63, 3.8) is 0 Å². The van der Waals surface area contributed by atoms with Crippen LogP contribution in [0.1, 0.15) is 53.8 Å². The van der Waals surface area contributed by atoms with Crippen LogP contribution in [-0.2, 0) is 14.8 Å². The van der Waals surface area contributed by atoms with E-state index in [1.165, 1.54) is 12.1 Å². The van der Waals surface area contributed by atoms with Gasteiger partial charge in [-0.15, -0.1) is 0 Å². The average molecular weight is 361 g/mol. The molecule has 6 nitrogen and oxygen atoms in total. The Bertz CT molecular complexity index is 898. The molecule has 25 heavy (non-hydrogen) atoms. The van der Waals surface area contributed by atoms with Crippen LogP contribution in [0.3, 0.4) is 0 Å². The fraction of sp³-hybridized carbons (Fsp3) is 0.500. The number of amides is 2. The molecular weight excluding hydrogens is 342 g/mol. The molecule has 7 heteroatoms. The number of sulfonamides is 1. The molecule has 2 aliphatic carbocycles. The second kappa shape index (κ2) is 4.78. The van der Waals surface area contributed by atoms with E-state index in [-0.39, 0.29) is 22.8 Å². The summed E-state index contributed by atoms with van der Waals surface area (Å²) in [4.78, 5) is 37.6. The number of Topliss-reactive ketones (excluding diaryl/α,β-unsaturated/α-hetero) is 1. The van der Waals surface area contributed by atoms with E-state index in [0.717, 1.165) is 6.42 Å². The van der Waals surface area contributed by atoms with E-state index in [1.54, 1.807) is 12.1 Å². The first kappa shape index (κ1) is 16.4. The van der Waals surface area contributed by atoms with Gasteiger partial charge in [0, 0.05) is 6.42 Å². The van der Waals surface area contributed by atoms with E-state index in [4.69, 9.17) is 0 Å². The zero-order valence-corrected chi connectivity index (χ0v) is 14.9. The number of nitrogens with zero attached hydrogens (tertiary/aromatic N) is 1. The maximum absolute atomic E-state index is 13.0. The molecule has 1 aromatic carbocycles. The maximum atomic E-state index is 13.0. The highest BCUT2D eigenvalue weighted by Crippen LogP contribution is 2.64. The standard InChI is InChI=1S/C18H19NO5S/c1-17(2)11-7-8-18(17,14(20)9-11)10-25(23,24)19-15(21)12-5-3-4-6-13(12)16(19)22/h3-6,11H,7-10H2,1-2H3. The molecule has 1 aromatic rings. The normalized spacial score (nSPS) is 30.2. The molecule has 2 atom stereocenters. The lowest BCUT2D eigenvalue weighted by atomic mass is 9.70. The van der Waals surface area contributed by atoms with Gasteiger partial charge in [0.2, 0.25) is 10.0 Å². The number of benzene rings is 1. The van der Waals surface area contributed by atoms with E-state index in [2.05, 4.69) is 0 Å². The minimum Gasteiger partial charge on any atom is -0.299 e. The Kier molecular flexibility index (Phi) is 3.15. The Morgan fingerprint density at radius 3 is 2.08 bits per heavy atom. The van der Waals surface area contributed by atoms with E-state index < -0.39 is 38.4 Å². The van der Waals surface area contributed by atoms with Gasteiger partial charge in [-0.1, -0.05) is 26.0 Å². The van der Waals surface area contributed by atoms with Gasteiger partial charge < -0.3 is 0 Å². The molecule has 2 unspecified atom stereocenters. The molecule has 0 saturated heterocycles. The van der Waals surface area contributed by atoms with Crippen molar-refractivity contribution in [3.8, 4) is 0 Å². The summed E-state index contributed by atoms with van der Waals surface area (Å²) in [7, 11) is -4.24. The topological polar surface area (TPSA) is 88.6 Å². The van der Waals surface area contributed by atoms with Crippen molar-refractivity contribution in [3.05, 3.63) is 35.4 Å². The van der Waals surface area contributed by atoms with Crippen LogP contribution in [-0.4, -0.2) is 36.1 Å². The summed E-state index contributed by atoms with van der Waals surface area (Å²) < 4.78 is 26.4. The van der Waals surface area contributed by atoms with Crippen LogP contribution in [0.25, 0.3) is 0 Å². The molecule has 0 N–H and O–H groups in total. The average Bonchev–Trinajstić information content (AvgIpc) is 3.01. The van der Waals surface area contributed by atoms with E-state index >= 15 is 0 Å². The predicted octanol–water partition coefficient (Wildman–Crippen LogP) is 2.01. The van der Waals surface area contributed by atoms with Crippen molar-refractivity contribution in [2.24, 2.45) is 16.7 Å². The van der Waals surface area contributed by atoms with Gasteiger partial charge in [-0.2, -0.15) is 4.31 Å². The molecule has 2 amide bonds.